The maximum atomic E-state index is 13.0. The number of aryl methyl sites for hydroxylation is 1. The van der Waals surface area contributed by atoms with Crippen molar-refractivity contribution in [3.05, 3.63) is 34.1 Å². The molecule has 1 aromatic rings. The summed E-state index contributed by atoms with van der Waals surface area (Å²) in [6, 6.07) is 4.84. The Balaban J connectivity index is 2.46. The van der Waals surface area contributed by atoms with E-state index in [4.69, 9.17) is 0 Å². The van der Waals surface area contributed by atoms with Crippen molar-refractivity contribution < 1.29 is 9.18 Å². The quantitative estimate of drug-likeness (QED) is 0.795. The van der Waals surface area contributed by atoms with E-state index in [2.05, 4.69) is 15.9 Å². The fraction of sp³-hybridized carbons (Fsp3) is 0.462. The summed E-state index contributed by atoms with van der Waals surface area (Å²) in [5.41, 5.74) is 0.934. The van der Waals surface area contributed by atoms with Gasteiger partial charge >= 0.3 is 0 Å². The van der Waals surface area contributed by atoms with Crippen LogP contribution in [0.1, 0.15) is 32.3 Å². The average Bonchev–Trinajstić information content (AvgIpc) is 2.15. The molecule has 3 heteroatoms. The van der Waals surface area contributed by atoms with Crippen LogP contribution in [0.3, 0.4) is 0 Å². The molecule has 0 saturated carbocycles. The molecule has 0 atom stereocenters. The Morgan fingerprint density at radius 3 is 2.62 bits per heavy atom. The van der Waals surface area contributed by atoms with Gasteiger partial charge in [0.15, 0.2) is 0 Å². The number of hydrogen-bond donors (Lipinski definition) is 0. The fourth-order valence-corrected chi connectivity index (χ4v) is 2.02. The lowest BCUT2D eigenvalue weighted by molar-refractivity contribution is -0.121. The molecule has 88 valence electrons. The first-order valence-electron chi connectivity index (χ1n) is 5.46. The second kappa shape index (κ2) is 6.14. The third kappa shape index (κ3) is 4.44. The predicted molar refractivity (Wildman–Crippen MR) is 66.9 cm³/mol. The van der Waals surface area contributed by atoms with E-state index in [-0.39, 0.29) is 17.5 Å². The summed E-state index contributed by atoms with van der Waals surface area (Å²) < 4.78 is 13.8. The van der Waals surface area contributed by atoms with Crippen molar-refractivity contribution in [3.63, 3.8) is 0 Å². The highest BCUT2D eigenvalue weighted by atomic mass is 79.9. The molecule has 0 aliphatic rings. The van der Waals surface area contributed by atoms with Crippen molar-refractivity contribution in [3.8, 4) is 0 Å². The molecule has 1 nitrogen and oxygen atoms in total. The van der Waals surface area contributed by atoms with Crippen LogP contribution in [-0.2, 0) is 11.2 Å². The van der Waals surface area contributed by atoms with E-state index in [1.54, 1.807) is 0 Å². The third-order valence-corrected chi connectivity index (χ3v) is 2.91. The van der Waals surface area contributed by atoms with Crippen LogP contribution in [0, 0.1) is 11.7 Å². The van der Waals surface area contributed by atoms with E-state index in [9.17, 15) is 9.18 Å². The normalized spacial score (nSPS) is 10.8. The van der Waals surface area contributed by atoms with Crippen LogP contribution in [0.25, 0.3) is 0 Å². The van der Waals surface area contributed by atoms with Gasteiger partial charge in [0.1, 0.15) is 11.6 Å². The smallest absolute Gasteiger partial charge is 0.135 e. The number of carbonyl (C=O) groups is 1. The molecule has 0 fully saturated rings. The summed E-state index contributed by atoms with van der Waals surface area (Å²) in [4.78, 5) is 11.4. The zero-order valence-electron chi connectivity index (χ0n) is 9.59. The summed E-state index contributed by atoms with van der Waals surface area (Å²) >= 11 is 3.25. The van der Waals surface area contributed by atoms with Crippen molar-refractivity contribution in [2.24, 2.45) is 5.92 Å². The fourth-order valence-electron chi connectivity index (χ4n) is 1.51. The minimum Gasteiger partial charge on any atom is -0.299 e. The predicted octanol–water partition coefficient (Wildman–Crippen LogP) is 4.14. The van der Waals surface area contributed by atoms with E-state index in [1.165, 1.54) is 12.1 Å². The first kappa shape index (κ1) is 13.4. The summed E-state index contributed by atoms with van der Waals surface area (Å²) in [5.74, 6) is 0.134. The molecule has 0 spiro atoms. The van der Waals surface area contributed by atoms with Gasteiger partial charge < -0.3 is 0 Å². The van der Waals surface area contributed by atoms with Crippen LogP contribution in [0.15, 0.2) is 22.7 Å². The lowest BCUT2D eigenvalue weighted by Gasteiger charge is -2.05. The van der Waals surface area contributed by atoms with Gasteiger partial charge in [0.25, 0.3) is 0 Å². The van der Waals surface area contributed by atoms with E-state index in [0.29, 0.717) is 6.42 Å². The molecule has 0 unspecified atom stereocenters. The van der Waals surface area contributed by atoms with Crippen LogP contribution in [0.4, 0.5) is 4.39 Å². The SMILES string of the molecule is CC(C)C(=O)CCCc1cc(F)cc(Br)c1. The molecule has 0 saturated heterocycles. The molecule has 0 aromatic heterocycles. The maximum absolute atomic E-state index is 13.0. The molecule has 0 amide bonds. The molecule has 0 aliphatic heterocycles. The number of ketones is 1. The topological polar surface area (TPSA) is 17.1 Å². The molecular formula is C13H16BrFO. The first-order valence-corrected chi connectivity index (χ1v) is 6.26. The molecule has 1 rings (SSSR count). The van der Waals surface area contributed by atoms with Crippen LogP contribution >= 0.6 is 15.9 Å². The number of rotatable bonds is 5. The van der Waals surface area contributed by atoms with E-state index < -0.39 is 0 Å². The van der Waals surface area contributed by atoms with Gasteiger partial charge in [-0.2, -0.15) is 0 Å². The summed E-state index contributed by atoms with van der Waals surface area (Å²) in [6.45, 7) is 3.81. The van der Waals surface area contributed by atoms with Gasteiger partial charge in [0.05, 0.1) is 0 Å². The molecule has 16 heavy (non-hydrogen) atoms. The molecule has 1 aromatic carbocycles. The van der Waals surface area contributed by atoms with Gasteiger partial charge in [-0.05, 0) is 36.6 Å². The lowest BCUT2D eigenvalue weighted by atomic mass is 10.0. The van der Waals surface area contributed by atoms with E-state index >= 15 is 0 Å². The first-order chi connectivity index (χ1) is 7.49. The number of benzene rings is 1. The minimum atomic E-state index is -0.237. The highest BCUT2D eigenvalue weighted by Crippen LogP contribution is 2.17. The second-order valence-corrected chi connectivity index (χ2v) is 5.17. The van der Waals surface area contributed by atoms with Gasteiger partial charge in [0.2, 0.25) is 0 Å². The Labute approximate surface area is 104 Å². The lowest BCUT2D eigenvalue weighted by Crippen LogP contribution is -2.06. The number of halogens is 2. The van der Waals surface area contributed by atoms with Crippen molar-refractivity contribution in [2.45, 2.75) is 33.1 Å². The molecule has 0 N–H and O–H groups in total. The Hall–Kier alpha value is -0.700. The van der Waals surface area contributed by atoms with Crippen LogP contribution in [0.2, 0.25) is 0 Å². The van der Waals surface area contributed by atoms with Crippen molar-refractivity contribution in [2.75, 3.05) is 0 Å². The molecule has 0 radical (unpaired) electrons. The standard InChI is InChI=1S/C13H16BrFO/c1-9(2)13(16)5-3-4-10-6-11(14)8-12(15)7-10/h6-9H,3-5H2,1-2H3. The van der Waals surface area contributed by atoms with Gasteiger partial charge in [-0.25, -0.2) is 4.39 Å². The average molecular weight is 287 g/mol. The highest BCUT2D eigenvalue weighted by molar-refractivity contribution is 9.10. The van der Waals surface area contributed by atoms with E-state index in [1.807, 2.05) is 19.9 Å². The summed E-state index contributed by atoms with van der Waals surface area (Å²) in [5, 5.41) is 0. The number of hydrogen-bond acceptors (Lipinski definition) is 1. The second-order valence-electron chi connectivity index (χ2n) is 4.25. The molecule has 0 aliphatic carbocycles. The monoisotopic (exact) mass is 286 g/mol. The Morgan fingerprint density at radius 1 is 1.38 bits per heavy atom. The number of Topliss-reactive ketones (excluding diaryl/α,β-unsaturated/α-hetero) is 1. The van der Waals surface area contributed by atoms with Crippen LogP contribution < -0.4 is 0 Å². The molecular weight excluding hydrogens is 271 g/mol. The molecule has 0 heterocycles. The maximum Gasteiger partial charge on any atom is 0.135 e. The largest absolute Gasteiger partial charge is 0.299 e. The Bertz CT molecular complexity index is 354. The van der Waals surface area contributed by atoms with Crippen molar-refractivity contribution in [1.82, 2.24) is 0 Å². The zero-order valence-corrected chi connectivity index (χ0v) is 11.2. The van der Waals surface area contributed by atoms with Crippen molar-refractivity contribution in [1.29, 1.82) is 0 Å². The minimum absolute atomic E-state index is 0.0965. The summed E-state index contributed by atoms with van der Waals surface area (Å²) in [7, 11) is 0. The van der Waals surface area contributed by atoms with E-state index in [0.717, 1.165) is 22.9 Å². The van der Waals surface area contributed by atoms with Gasteiger partial charge in [-0.1, -0.05) is 29.8 Å². The Morgan fingerprint density at radius 2 is 2.06 bits per heavy atom. The summed E-state index contributed by atoms with van der Waals surface area (Å²) in [6.07, 6.45) is 2.10. The van der Waals surface area contributed by atoms with Crippen LogP contribution in [-0.4, -0.2) is 5.78 Å². The molecule has 0 bridgehead atoms. The van der Waals surface area contributed by atoms with Gasteiger partial charge in [0, 0.05) is 16.8 Å². The number of carbonyl (C=O) groups excluding carboxylic acids is 1. The van der Waals surface area contributed by atoms with Gasteiger partial charge in [-0.15, -0.1) is 0 Å². The Kier molecular flexibility index (Phi) is 5.13. The van der Waals surface area contributed by atoms with Crippen molar-refractivity contribution >= 4 is 21.7 Å². The van der Waals surface area contributed by atoms with Crippen LogP contribution in [0.5, 0.6) is 0 Å². The van der Waals surface area contributed by atoms with Gasteiger partial charge in [-0.3, -0.25) is 4.79 Å². The highest BCUT2D eigenvalue weighted by Gasteiger charge is 2.07. The third-order valence-electron chi connectivity index (χ3n) is 2.45. The zero-order chi connectivity index (χ0) is 12.1.